The second-order valence-electron chi connectivity index (χ2n) is 2.68. The van der Waals surface area contributed by atoms with Crippen molar-refractivity contribution in [1.29, 1.82) is 0 Å². The molecule has 0 aromatic heterocycles. The zero-order valence-electron chi connectivity index (χ0n) is 10.3. The molecule has 1 amide bonds. The summed E-state index contributed by atoms with van der Waals surface area (Å²) in [4.78, 5) is 10.4. The number of halogens is 1. The molecule has 0 fully saturated rings. The fourth-order valence-corrected chi connectivity index (χ4v) is 1.39. The number of carbonyl (C=O) groups is 1. The molecule has 9 heteroatoms. The Bertz CT molecular complexity index is 453. The summed E-state index contributed by atoms with van der Waals surface area (Å²) in [7, 11) is -4.16. The Morgan fingerprint density at radius 2 is 1.71 bits per heavy atom. The molecule has 0 aliphatic carbocycles. The second kappa shape index (κ2) is 9.25. The van der Waals surface area contributed by atoms with Gasteiger partial charge in [0.15, 0.2) is 0 Å². The van der Waals surface area contributed by atoms with Crippen LogP contribution in [0.2, 0.25) is 0 Å². The molecule has 1 rings (SSSR count). The van der Waals surface area contributed by atoms with E-state index in [2.05, 4.69) is 5.32 Å². The van der Waals surface area contributed by atoms with Gasteiger partial charge in [0.25, 0.3) is 10.1 Å². The normalized spacial score (nSPS) is 9.06. The number of hydrogen-bond acceptors (Lipinski definition) is 3. The number of benzene rings is 1. The maximum absolute atomic E-state index is 10.6. The van der Waals surface area contributed by atoms with E-state index in [1.54, 1.807) is 0 Å². The average Bonchev–Trinajstić information content (AvgIpc) is 2.02. The molecular formula is C8H13INNaO5S. The van der Waals surface area contributed by atoms with Gasteiger partial charge in [0.1, 0.15) is 0 Å². The van der Waals surface area contributed by atoms with Crippen molar-refractivity contribution in [2.24, 2.45) is 0 Å². The summed E-state index contributed by atoms with van der Waals surface area (Å²) in [5, 5.41) is 2.47. The van der Waals surface area contributed by atoms with Crippen molar-refractivity contribution in [3.63, 3.8) is 0 Å². The molecule has 0 unspecified atom stereocenters. The molecule has 0 atom stereocenters. The second-order valence-corrected chi connectivity index (χ2v) is 4.10. The summed E-state index contributed by atoms with van der Waals surface area (Å²) in [6.07, 6.45) is 0. The third kappa shape index (κ3) is 8.08. The minimum absolute atomic E-state index is 0. The molecule has 0 bridgehead atoms. The predicted octanol–water partition coefficient (Wildman–Crippen LogP) is -2.20. The van der Waals surface area contributed by atoms with Crippen LogP contribution in [0.15, 0.2) is 29.2 Å². The van der Waals surface area contributed by atoms with E-state index < -0.39 is 10.1 Å². The largest absolute Gasteiger partial charge is 1.00 e. The predicted molar refractivity (Wildman–Crippen MR) is 70.7 cm³/mol. The van der Waals surface area contributed by atoms with Crippen LogP contribution >= 0.6 is 24.0 Å². The summed E-state index contributed by atoms with van der Waals surface area (Å²) < 4.78 is 29.9. The Kier molecular flexibility index (Phi) is 12.2. The van der Waals surface area contributed by atoms with E-state index >= 15 is 0 Å². The van der Waals surface area contributed by atoms with Crippen LogP contribution in [0.25, 0.3) is 0 Å². The SMILES string of the molecule is CC(=O)Nc1ccc(S(=O)(=O)O)cc1.I.O.[H-].[Na+]. The molecular weight excluding hydrogens is 372 g/mol. The topological polar surface area (TPSA) is 115 Å². The van der Waals surface area contributed by atoms with Gasteiger partial charge in [0.05, 0.1) is 4.90 Å². The van der Waals surface area contributed by atoms with Crippen LogP contribution in [0.3, 0.4) is 0 Å². The van der Waals surface area contributed by atoms with Crippen LogP contribution in [0.5, 0.6) is 0 Å². The Hall–Kier alpha value is 0.290. The van der Waals surface area contributed by atoms with Gasteiger partial charge in [-0.25, -0.2) is 0 Å². The molecule has 94 valence electrons. The summed E-state index contributed by atoms with van der Waals surface area (Å²) in [5.74, 6) is -0.246. The molecule has 0 aliphatic heterocycles. The standard InChI is InChI=1S/C8H9NO4S.HI.Na.H2O.H/c1-6(10)9-7-2-4-8(5-3-7)14(11,12)13;;;;/h2-5H,1H3,(H,9,10)(H,11,12,13);1H;;1H2;/q;;+1;;-1. The van der Waals surface area contributed by atoms with E-state index in [1.165, 1.54) is 31.2 Å². The monoisotopic (exact) mass is 385 g/mol. The third-order valence-electron chi connectivity index (χ3n) is 1.47. The zero-order chi connectivity index (χ0) is 10.8. The quantitative estimate of drug-likeness (QED) is 0.342. The molecule has 0 radical (unpaired) electrons. The summed E-state index contributed by atoms with van der Waals surface area (Å²) in [6.45, 7) is 1.34. The van der Waals surface area contributed by atoms with Crippen molar-refractivity contribution < 1.29 is 54.2 Å². The van der Waals surface area contributed by atoms with Crippen molar-refractivity contribution in [3.05, 3.63) is 24.3 Å². The van der Waals surface area contributed by atoms with E-state index in [4.69, 9.17) is 4.55 Å². The number of carbonyl (C=O) groups excluding carboxylic acids is 1. The number of anilines is 1. The van der Waals surface area contributed by atoms with E-state index in [1.807, 2.05) is 0 Å². The molecule has 4 N–H and O–H groups in total. The fourth-order valence-electron chi connectivity index (χ4n) is 0.914. The first-order valence-corrected chi connectivity index (χ1v) is 5.19. The zero-order valence-corrected chi connectivity index (χ0v) is 14.4. The van der Waals surface area contributed by atoms with Gasteiger partial charge in [-0.1, -0.05) is 0 Å². The summed E-state index contributed by atoms with van der Waals surface area (Å²) >= 11 is 0. The summed E-state index contributed by atoms with van der Waals surface area (Å²) in [6, 6.07) is 5.20. The van der Waals surface area contributed by atoms with Crippen molar-refractivity contribution in [3.8, 4) is 0 Å². The van der Waals surface area contributed by atoms with E-state index in [-0.39, 0.29) is 71.2 Å². The molecule has 6 nitrogen and oxygen atoms in total. The molecule has 0 aliphatic rings. The van der Waals surface area contributed by atoms with Crippen molar-refractivity contribution in [2.45, 2.75) is 11.8 Å². The molecule has 1 aromatic rings. The van der Waals surface area contributed by atoms with Crippen molar-refractivity contribution in [2.75, 3.05) is 5.32 Å². The maximum atomic E-state index is 10.6. The van der Waals surface area contributed by atoms with Crippen LogP contribution in [-0.4, -0.2) is 24.4 Å². The summed E-state index contributed by atoms with van der Waals surface area (Å²) in [5.41, 5.74) is 0.477. The first kappa shape index (κ1) is 22.5. The van der Waals surface area contributed by atoms with Gasteiger partial charge in [-0.2, -0.15) is 8.42 Å². The number of amides is 1. The van der Waals surface area contributed by atoms with E-state index in [0.717, 1.165) is 0 Å². The Morgan fingerprint density at radius 3 is 2.00 bits per heavy atom. The smallest absolute Gasteiger partial charge is 1.00 e. The Morgan fingerprint density at radius 1 is 1.29 bits per heavy atom. The Balaban J connectivity index is -0.000000245. The van der Waals surface area contributed by atoms with Crippen LogP contribution in [0.1, 0.15) is 8.35 Å². The number of hydrogen-bond donors (Lipinski definition) is 2. The van der Waals surface area contributed by atoms with Crippen LogP contribution in [0, 0.1) is 0 Å². The molecule has 1 aromatic carbocycles. The van der Waals surface area contributed by atoms with Crippen LogP contribution < -0.4 is 34.9 Å². The van der Waals surface area contributed by atoms with Gasteiger partial charge in [0, 0.05) is 12.6 Å². The van der Waals surface area contributed by atoms with Gasteiger partial charge in [-0.05, 0) is 24.3 Å². The Labute approximate surface area is 140 Å². The average molecular weight is 385 g/mol. The molecule has 0 spiro atoms. The van der Waals surface area contributed by atoms with Gasteiger partial charge >= 0.3 is 29.6 Å². The van der Waals surface area contributed by atoms with Gasteiger partial charge in [0.2, 0.25) is 5.91 Å². The van der Waals surface area contributed by atoms with E-state index in [9.17, 15) is 13.2 Å². The minimum atomic E-state index is -4.16. The van der Waals surface area contributed by atoms with Gasteiger partial charge < -0.3 is 12.2 Å². The first-order valence-electron chi connectivity index (χ1n) is 3.75. The van der Waals surface area contributed by atoms with E-state index in [0.29, 0.717) is 5.69 Å². The third-order valence-corrected chi connectivity index (χ3v) is 2.34. The van der Waals surface area contributed by atoms with Crippen molar-refractivity contribution >= 4 is 45.7 Å². The van der Waals surface area contributed by atoms with Gasteiger partial charge in [-0.3, -0.25) is 9.35 Å². The molecule has 0 heterocycles. The minimum Gasteiger partial charge on any atom is -1.00 e. The maximum Gasteiger partial charge on any atom is 1.00 e. The number of nitrogens with one attached hydrogen (secondary N) is 1. The molecule has 0 saturated carbocycles. The molecule has 17 heavy (non-hydrogen) atoms. The first-order chi connectivity index (χ1) is 6.39. The fraction of sp³-hybridized carbons (Fsp3) is 0.125. The van der Waals surface area contributed by atoms with Crippen LogP contribution in [0.4, 0.5) is 5.69 Å². The van der Waals surface area contributed by atoms with Crippen molar-refractivity contribution in [1.82, 2.24) is 0 Å². The van der Waals surface area contributed by atoms with Gasteiger partial charge in [-0.15, -0.1) is 24.0 Å². The number of rotatable bonds is 2. The molecule has 0 saturated heterocycles. The van der Waals surface area contributed by atoms with Crippen LogP contribution in [-0.2, 0) is 14.9 Å².